The third-order valence-electron chi connectivity index (χ3n) is 3.29. The summed E-state index contributed by atoms with van der Waals surface area (Å²) in [5, 5.41) is 13.8. The maximum absolute atomic E-state index is 11.4. The number of aryl methyl sites for hydroxylation is 1. The highest BCUT2D eigenvalue weighted by atomic mass is 32.1. The molecule has 0 radical (unpaired) electrons. The van der Waals surface area contributed by atoms with Gasteiger partial charge >= 0.3 is 5.97 Å². The van der Waals surface area contributed by atoms with Crippen molar-refractivity contribution in [1.29, 1.82) is 0 Å². The van der Waals surface area contributed by atoms with Gasteiger partial charge in [0.15, 0.2) is 0 Å². The Morgan fingerprint density at radius 3 is 2.67 bits per heavy atom. The molecule has 0 atom stereocenters. The van der Waals surface area contributed by atoms with Crippen LogP contribution in [0.2, 0.25) is 0 Å². The standard InChI is InChI=1S/C16H15NO2S2/c1-10-6-7-11(20-10)8-17-9-13-12-4-2-3-5-14(12)21-15(13)16(18)19/h2-7,17H,8-9H2,1H3,(H,18,19). The second kappa shape index (κ2) is 5.97. The van der Waals surface area contributed by atoms with Crippen molar-refractivity contribution >= 4 is 38.7 Å². The van der Waals surface area contributed by atoms with Crippen LogP contribution in [0.5, 0.6) is 0 Å². The quantitative estimate of drug-likeness (QED) is 0.739. The fourth-order valence-corrected chi connectivity index (χ4v) is 4.26. The summed E-state index contributed by atoms with van der Waals surface area (Å²) in [5.74, 6) is -0.847. The Balaban J connectivity index is 1.82. The van der Waals surface area contributed by atoms with Crippen molar-refractivity contribution in [2.24, 2.45) is 0 Å². The molecule has 0 saturated heterocycles. The third-order valence-corrected chi connectivity index (χ3v) is 5.49. The highest BCUT2D eigenvalue weighted by Crippen LogP contribution is 2.31. The van der Waals surface area contributed by atoms with Gasteiger partial charge in [0, 0.05) is 27.5 Å². The van der Waals surface area contributed by atoms with Crippen LogP contribution in [0.1, 0.15) is 25.0 Å². The summed E-state index contributed by atoms with van der Waals surface area (Å²) in [7, 11) is 0. The molecule has 0 aliphatic heterocycles. The highest BCUT2D eigenvalue weighted by Gasteiger charge is 2.16. The van der Waals surface area contributed by atoms with Crippen LogP contribution in [0.15, 0.2) is 36.4 Å². The predicted octanol–water partition coefficient (Wildman–Crippen LogP) is 4.26. The molecule has 2 heterocycles. The van der Waals surface area contributed by atoms with E-state index in [0.717, 1.165) is 22.2 Å². The van der Waals surface area contributed by atoms with E-state index in [9.17, 15) is 9.90 Å². The Morgan fingerprint density at radius 1 is 1.14 bits per heavy atom. The molecule has 5 heteroatoms. The van der Waals surface area contributed by atoms with E-state index in [1.165, 1.54) is 21.1 Å². The predicted molar refractivity (Wildman–Crippen MR) is 88.4 cm³/mol. The Kier molecular flexibility index (Phi) is 4.05. The monoisotopic (exact) mass is 317 g/mol. The molecule has 0 spiro atoms. The number of benzene rings is 1. The van der Waals surface area contributed by atoms with Gasteiger partial charge in [-0.3, -0.25) is 0 Å². The van der Waals surface area contributed by atoms with Crippen molar-refractivity contribution in [3.63, 3.8) is 0 Å². The summed E-state index contributed by atoms with van der Waals surface area (Å²) in [4.78, 5) is 14.4. The fourth-order valence-electron chi connectivity index (χ4n) is 2.34. The van der Waals surface area contributed by atoms with E-state index >= 15 is 0 Å². The SMILES string of the molecule is Cc1ccc(CNCc2c(C(=O)O)sc3ccccc23)s1. The summed E-state index contributed by atoms with van der Waals surface area (Å²) in [6, 6.07) is 12.1. The Morgan fingerprint density at radius 2 is 1.95 bits per heavy atom. The normalized spacial score (nSPS) is 11.1. The minimum Gasteiger partial charge on any atom is -0.477 e. The van der Waals surface area contributed by atoms with Crippen LogP contribution in [0.25, 0.3) is 10.1 Å². The Hall–Kier alpha value is -1.69. The molecule has 0 aliphatic rings. The molecule has 2 N–H and O–H groups in total. The van der Waals surface area contributed by atoms with Gasteiger partial charge in [0.2, 0.25) is 0 Å². The molecule has 108 valence electrons. The first-order valence-electron chi connectivity index (χ1n) is 6.65. The van der Waals surface area contributed by atoms with Gasteiger partial charge in [-0.05, 0) is 36.1 Å². The maximum Gasteiger partial charge on any atom is 0.346 e. The van der Waals surface area contributed by atoms with Crippen LogP contribution in [-0.4, -0.2) is 11.1 Å². The number of fused-ring (bicyclic) bond motifs is 1. The Labute approximate surface area is 130 Å². The lowest BCUT2D eigenvalue weighted by atomic mass is 10.1. The lowest BCUT2D eigenvalue weighted by Crippen LogP contribution is -2.13. The lowest BCUT2D eigenvalue weighted by molar-refractivity contribution is 0.0701. The van der Waals surface area contributed by atoms with Gasteiger partial charge in [-0.25, -0.2) is 4.79 Å². The average molecular weight is 317 g/mol. The Bertz CT molecular complexity index is 789. The van der Waals surface area contributed by atoms with E-state index in [1.54, 1.807) is 11.3 Å². The molecule has 3 nitrogen and oxygen atoms in total. The molecule has 2 aromatic heterocycles. The zero-order valence-electron chi connectivity index (χ0n) is 11.6. The molecule has 3 aromatic rings. The van der Waals surface area contributed by atoms with E-state index in [-0.39, 0.29) is 0 Å². The minimum atomic E-state index is -0.847. The molecular formula is C16H15NO2S2. The van der Waals surface area contributed by atoms with Crippen molar-refractivity contribution in [3.05, 3.63) is 56.6 Å². The van der Waals surface area contributed by atoms with Gasteiger partial charge in [0.05, 0.1) is 0 Å². The van der Waals surface area contributed by atoms with Crippen molar-refractivity contribution in [1.82, 2.24) is 5.32 Å². The van der Waals surface area contributed by atoms with E-state index < -0.39 is 5.97 Å². The number of hydrogen-bond donors (Lipinski definition) is 2. The van der Waals surface area contributed by atoms with Gasteiger partial charge in [0.1, 0.15) is 4.88 Å². The van der Waals surface area contributed by atoms with Crippen LogP contribution in [0, 0.1) is 6.92 Å². The number of nitrogens with one attached hydrogen (secondary N) is 1. The maximum atomic E-state index is 11.4. The first-order valence-corrected chi connectivity index (χ1v) is 8.28. The van der Waals surface area contributed by atoms with Crippen LogP contribution < -0.4 is 5.32 Å². The zero-order chi connectivity index (χ0) is 14.8. The number of aromatic carboxylic acids is 1. The highest BCUT2D eigenvalue weighted by molar-refractivity contribution is 7.21. The smallest absolute Gasteiger partial charge is 0.346 e. The molecule has 0 aliphatic carbocycles. The summed E-state index contributed by atoms with van der Waals surface area (Å²) in [6.45, 7) is 3.42. The summed E-state index contributed by atoms with van der Waals surface area (Å²) < 4.78 is 1.03. The van der Waals surface area contributed by atoms with Crippen molar-refractivity contribution in [3.8, 4) is 0 Å². The lowest BCUT2D eigenvalue weighted by Gasteiger charge is -2.04. The number of hydrogen-bond acceptors (Lipinski definition) is 4. The average Bonchev–Trinajstić information content (AvgIpc) is 3.03. The number of carboxylic acid groups (broad SMARTS) is 1. The molecule has 0 fully saturated rings. The first-order chi connectivity index (χ1) is 10.1. The van der Waals surface area contributed by atoms with Gasteiger partial charge in [0.25, 0.3) is 0 Å². The minimum absolute atomic E-state index is 0.436. The van der Waals surface area contributed by atoms with Crippen LogP contribution in [0.4, 0.5) is 0 Å². The second-order valence-electron chi connectivity index (χ2n) is 4.83. The topological polar surface area (TPSA) is 49.3 Å². The second-order valence-corrected chi connectivity index (χ2v) is 7.25. The van der Waals surface area contributed by atoms with Gasteiger partial charge in [-0.1, -0.05) is 18.2 Å². The molecular weight excluding hydrogens is 302 g/mol. The van der Waals surface area contributed by atoms with E-state index in [4.69, 9.17) is 0 Å². The van der Waals surface area contributed by atoms with Gasteiger partial charge < -0.3 is 10.4 Å². The molecule has 0 saturated carbocycles. The molecule has 0 amide bonds. The number of carbonyl (C=O) groups is 1. The number of thiophene rings is 2. The summed E-state index contributed by atoms with van der Waals surface area (Å²) in [6.07, 6.45) is 0. The van der Waals surface area contributed by atoms with Crippen LogP contribution in [-0.2, 0) is 13.1 Å². The summed E-state index contributed by atoms with van der Waals surface area (Å²) in [5.41, 5.74) is 0.886. The molecule has 1 aromatic carbocycles. The van der Waals surface area contributed by atoms with Gasteiger partial charge in [-0.15, -0.1) is 22.7 Å². The van der Waals surface area contributed by atoms with Crippen molar-refractivity contribution in [2.45, 2.75) is 20.0 Å². The van der Waals surface area contributed by atoms with E-state index in [2.05, 4.69) is 24.4 Å². The van der Waals surface area contributed by atoms with Crippen LogP contribution in [0.3, 0.4) is 0 Å². The van der Waals surface area contributed by atoms with Crippen LogP contribution >= 0.6 is 22.7 Å². The van der Waals surface area contributed by atoms with Crippen molar-refractivity contribution < 1.29 is 9.90 Å². The largest absolute Gasteiger partial charge is 0.477 e. The van der Waals surface area contributed by atoms with E-state index in [1.807, 2.05) is 24.3 Å². The zero-order valence-corrected chi connectivity index (χ0v) is 13.2. The molecule has 0 bridgehead atoms. The van der Waals surface area contributed by atoms with Crippen molar-refractivity contribution in [2.75, 3.05) is 0 Å². The molecule has 0 unspecified atom stereocenters. The van der Waals surface area contributed by atoms with Gasteiger partial charge in [-0.2, -0.15) is 0 Å². The third kappa shape index (κ3) is 3.00. The fraction of sp³-hybridized carbons (Fsp3) is 0.188. The number of carboxylic acids is 1. The van der Waals surface area contributed by atoms with E-state index in [0.29, 0.717) is 11.4 Å². The first kappa shape index (κ1) is 14.3. The number of rotatable bonds is 5. The molecule has 21 heavy (non-hydrogen) atoms. The molecule has 3 rings (SSSR count). The summed E-state index contributed by atoms with van der Waals surface area (Å²) >= 11 is 3.11.